The third-order valence-electron chi connectivity index (χ3n) is 2.94. The summed E-state index contributed by atoms with van der Waals surface area (Å²) in [6, 6.07) is 5.52. The molecule has 7 heteroatoms. The summed E-state index contributed by atoms with van der Waals surface area (Å²) in [4.78, 5) is 0.943. The molecule has 1 heterocycles. The highest BCUT2D eigenvalue weighted by Gasteiger charge is 2.34. The molecule has 1 aromatic heterocycles. The van der Waals surface area contributed by atoms with Crippen molar-refractivity contribution in [3.05, 3.63) is 44.6 Å². The minimum atomic E-state index is -4.44. The Balaban J connectivity index is 2.33. The van der Waals surface area contributed by atoms with E-state index in [2.05, 4.69) is 21.2 Å². The minimum Gasteiger partial charge on any atom is -0.497 e. The fraction of sp³-hybridized carbons (Fsp3) is 0.286. The molecule has 0 aliphatic carbocycles. The number of nitrogens with one attached hydrogen (secondary N) is 1. The Morgan fingerprint density at radius 2 is 2.00 bits per heavy atom. The zero-order valence-corrected chi connectivity index (χ0v) is 13.7. The predicted molar refractivity (Wildman–Crippen MR) is 82.1 cm³/mol. The number of methoxy groups -OCH3 is 1. The maximum Gasteiger partial charge on any atom is 0.418 e. The van der Waals surface area contributed by atoms with Crippen LogP contribution in [0, 0.1) is 0 Å². The fourth-order valence-corrected chi connectivity index (χ4v) is 3.65. The van der Waals surface area contributed by atoms with Crippen molar-refractivity contribution in [1.29, 1.82) is 0 Å². The molecule has 1 atom stereocenters. The molecule has 1 aromatic carbocycles. The van der Waals surface area contributed by atoms with Gasteiger partial charge in [0.2, 0.25) is 0 Å². The largest absolute Gasteiger partial charge is 0.497 e. The average Bonchev–Trinajstić information content (AvgIpc) is 2.84. The molecule has 0 aliphatic rings. The van der Waals surface area contributed by atoms with Gasteiger partial charge in [0.15, 0.2) is 0 Å². The Labute approximate surface area is 133 Å². The van der Waals surface area contributed by atoms with E-state index in [9.17, 15) is 13.2 Å². The average molecular weight is 380 g/mol. The highest BCUT2D eigenvalue weighted by molar-refractivity contribution is 9.10. The first kappa shape index (κ1) is 16.2. The highest BCUT2D eigenvalue weighted by Crippen LogP contribution is 2.39. The summed E-state index contributed by atoms with van der Waals surface area (Å²) in [6.45, 7) is 1.82. The second-order valence-electron chi connectivity index (χ2n) is 4.41. The molecule has 1 N–H and O–H groups in total. The summed E-state index contributed by atoms with van der Waals surface area (Å²) < 4.78 is 45.2. The second kappa shape index (κ2) is 6.27. The van der Waals surface area contributed by atoms with Crippen molar-refractivity contribution < 1.29 is 17.9 Å². The molecule has 114 valence electrons. The SMILES string of the molecule is COc1ccc(NC(C)c2sccc2Br)c(C(F)(F)F)c1. The van der Waals surface area contributed by atoms with E-state index in [0.717, 1.165) is 15.4 Å². The lowest BCUT2D eigenvalue weighted by atomic mass is 10.1. The Morgan fingerprint density at radius 1 is 1.29 bits per heavy atom. The van der Waals surface area contributed by atoms with E-state index in [0.29, 0.717) is 0 Å². The van der Waals surface area contributed by atoms with Crippen LogP contribution in [-0.2, 0) is 6.18 Å². The lowest BCUT2D eigenvalue weighted by Gasteiger charge is -2.19. The Hall–Kier alpha value is -1.21. The van der Waals surface area contributed by atoms with Crippen LogP contribution in [0.1, 0.15) is 23.4 Å². The van der Waals surface area contributed by atoms with Crippen LogP contribution in [0.4, 0.5) is 18.9 Å². The van der Waals surface area contributed by atoms with Crippen LogP contribution in [0.15, 0.2) is 34.1 Å². The topological polar surface area (TPSA) is 21.3 Å². The van der Waals surface area contributed by atoms with E-state index in [1.165, 1.54) is 30.6 Å². The van der Waals surface area contributed by atoms with Crippen LogP contribution in [0.5, 0.6) is 5.75 Å². The van der Waals surface area contributed by atoms with E-state index >= 15 is 0 Å². The third kappa shape index (κ3) is 3.71. The van der Waals surface area contributed by atoms with Crippen LogP contribution in [0.3, 0.4) is 0 Å². The molecular formula is C14H13BrF3NOS. The summed E-state index contributed by atoms with van der Waals surface area (Å²) >= 11 is 4.87. The standard InChI is InChI=1S/C14H13BrF3NOS/c1-8(13-11(15)5-6-21-13)19-12-4-3-9(20-2)7-10(12)14(16,17)18/h3-8,19H,1-2H3. The molecule has 2 nitrogen and oxygen atoms in total. The number of alkyl halides is 3. The summed E-state index contributed by atoms with van der Waals surface area (Å²) in [6.07, 6.45) is -4.44. The summed E-state index contributed by atoms with van der Waals surface area (Å²) in [5.41, 5.74) is -0.697. The number of halogens is 4. The molecule has 0 fully saturated rings. The third-order valence-corrected chi connectivity index (χ3v) is 5.00. The van der Waals surface area contributed by atoms with Gasteiger partial charge in [0.25, 0.3) is 0 Å². The first-order chi connectivity index (χ1) is 9.82. The van der Waals surface area contributed by atoms with Gasteiger partial charge in [-0.05, 0) is 52.5 Å². The predicted octanol–water partition coefficient (Wildman–Crippen LogP) is 5.71. The van der Waals surface area contributed by atoms with Crippen molar-refractivity contribution >= 4 is 33.0 Å². The van der Waals surface area contributed by atoms with Crippen molar-refractivity contribution in [2.75, 3.05) is 12.4 Å². The molecule has 2 rings (SSSR count). The Morgan fingerprint density at radius 3 is 2.52 bits per heavy atom. The van der Waals surface area contributed by atoms with Crippen molar-refractivity contribution in [3.8, 4) is 5.75 Å². The molecule has 0 amide bonds. The highest BCUT2D eigenvalue weighted by atomic mass is 79.9. The molecule has 21 heavy (non-hydrogen) atoms. The molecular weight excluding hydrogens is 367 g/mol. The van der Waals surface area contributed by atoms with Gasteiger partial charge in [-0.25, -0.2) is 0 Å². The summed E-state index contributed by atoms with van der Waals surface area (Å²) in [5.74, 6) is 0.179. The number of rotatable bonds is 4. The van der Waals surface area contributed by atoms with Crippen LogP contribution in [0.25, 0.3) is 0 Å². The quantitative estimate of drug-likeness (QED) is 0.734. The summed E-state index contributed by atoms with van der Waals surface area (Å²) in [7, 11) is 1.34. The van der Waals surface area contributed by atoms with E-state index in [1.807, 2.05) is 18.4 Å². The first-order valence-corrected chi connectivity index (χ1v) is 7.75. The lowest BCUT2D eigenvalue weighted by molar-refractivity contribution is -0.137. The number of anilines is 1. The second-order valence-corrected chi connectivity index (χ2v) is 6.21. The Kier molecular flexibility index (Phi) is 4.83. The number of benzene rings is 1. The maximum atomic E-state index is 13.1. The number of thiophene rings is 1. The van der Waals surface area contributed by atoms with Gasteiger partial charge in [0, 0.05) is 15.0 Å². The summed E-state index contributed by atoms with van der Waals surface area (Å²) in [5, 5.41) is 4.80. The molecule has 0 aliphatic heterocycles. The number of ether oxygens (including phenoxy) is 1. The van der Waals surface area contributed by atoms with Gasteiger partial charge in [-0.2, -0.15) is 13.2 Å². The molecule has 0 saturated carbocycles. The molecule has 0 bridgehead atoms. The maximum absolute atomic E-state index is 13.1. The van der Waals surface area contributed by atoms with Crippen LogP contribution in [0.2, 0.25) is 0 Å². The molecule has 0 spiro atoms. The van der Waals surface area contributed by atoms with Gasteiger partial charge < -0.3 is 10.1 Å². The van der Waals surface area contributed by atoms with Gasteiger partial charge >= 0.3 is 6.18 Å². The molecule has 2 aromatic rings. The van der Waals surface area contributed by atoms with Crippen molar-refractivity contribution in [2.24, 2.45) is 0 Å². The minimum absolute atomic E-state index is 0.0381. The Bertz CT molecular complexity index is 627. The molecule has 0 saturated heterocycles. The van der Waals surface area contributed by atoms with Gasteiger partial charge in [-0.1, -0.05) is 0 Å². The monoisotopic (exact) mass is 379 g/mol. The van der Waals surface area contributed by atoms with E-state index < -0.39 is 11.7 Å². The van der Waals surface area contributed by atoms with Gasteiger partial charge in [-0.3, -0.25) is 0 Å². The van der Waals surface area contributed by atoms with Crippen molar-refractivity contribution in [1.82, 2.24) is 0 Å². The van der Waals surface area contributed by atoms with Gasteiger partial charge in [0.1, 0.15) is 5.75 Å². The van der Waals surface area contributed by atoms with Gasteiger partial charge in [0.05, 0.1) is 18.7 Å². The van der Waals surface area contributed by atoms with E-state index in [-0.39, 0.29) is 17.5 Å². The first-order valence-electron chi connectivity index (χ1n) is 6.07. The molecule has 1 unspecified atom stereocenters. The smallest absolute Gasteiger partial charge is 0.418 e. The lowest BCUT2D eigenvalue weighted by Crippen LogP contribution is -2.13. The number of hydrogen-bond acceptors (Lipinski definition) is 3. The van der Waals surface area contributed by atoms with Crippen LogP contribution in [-0.4, -0.2) is 7.11 Å². The van der Waals surface area contributed by atoms with E-state index in [1.54, 1.807) is 0 Å². The van der Waals surface area contributed by atoms with E-state index in [4.69, 9.17) is 4.74 Å². The van der Waals surface area contributed by atoms with Gasteiger partial charge in [-0.15, -0.1) is 11.3 Å². The fourth-order valence-electron chi connectivity index (χ4n) is 1.92. The van der Waals surface area contributed by atoms with Crippen LogP contribution >= 0.6 is 27.3 Å². The van der Waals surface area contributed by atoms with Crippen LogP contribution < -0.4 is 10.1 Å². The normalized spacial score (nSPS) is 13.0. The van der Waals surface area contributed by atoms with Crippen molar-refractivity contribution in [3.63, 3.8) is 0 Å². The number of hydrogen-bond donors (Lipinski definition) is 1. The molecule has 0 radical (unpaired) electrons. The zero-order chi connectivity index (χ0) is 15.6. The zero-order valence-electron chi connectivity index (χ0n) is 11.3. The van der Waals surface area contributed by atoms with Crippen molar-refractivity contribution in [2.45, 2.75) is 19.1 Å².